The normalized spacial score (nSPS) is 21.5. The van der Waals surface area contributed by atoms with Crippen LogP contribution >= 0.6 is 0 Å². The van der Waals surface area contributed by atoms with Crippen molar-refractivity contribution in [3.05, 3.63) is 39.9 Å². The molecule has 1 saturated carbocycles. The molecule has 2 aromatic rings. The van der Waals surface area contributed by atoms with E-state index in [1.54, 1.807) is 22.8 Å². The number of benzene rings is 1. The minimum Gasteiger partial charge on any atom is -0.296 e. The van der Waals surface area contributed by atoms with Crippen molar-refractivity contribution in [2.24, 2.45) is 11.0 Å². The topological polar surface area (TPSA) is 76.3 Å². The highest BCUT2D eigenvalue weighted by Gasteiger charge is 2.18. The van der Waals surface area contributed by atoms with E-state index < -0.39 is 0 Å². The summed E-state index contributed by atoms with van der Waals surface area (Å²) in [6, 6.07) is 5.06. The van der Waals surface area contributed by atoms with E-state index in [1.807, 2.05) is 0 Å². The number of carbonyl (C=O) groups excluding carboxylic acids is 1. The lowest BCUT2D eigenvalue weighted by Gasteiger charge is -2.19. The summed E-state index contributed by atoms with van der Waals surface area (Å²) in [5, 5.41) is 4.89. The van der Waals surface area contributed by atoms with Gasteiger partial charge in [-0.3, -0.25) is 14.2 Å². The first-order chi connectivity index (χ1) is 12.1. The lowest BCUT2D eigenvalue weighted by Crippen LogP contribution is -2.24. The number of rotatable bonds is 2. The van der Waals surface area contributed by atoms with E-state index in [9.17, 15) is 9.59 Å². The van der Waals surface area contributed by atoms with Crippen molar-refractivity contribution in [3.63, 3.8) is 0 Å². The summed E-state index contributed by atoms with van der Waals surface area (Å²) < 4.78 is 1.73. The van der Waals surface area contributed by atoms with Crippen molar-refractivity contribution >= 4 is 22.5 Å². The molecule has 130 valence electrons. The number of hydrazone groups is 1. The van der Waals surface area contributed by atoms with Crippen molar-refractivity contribution in [1.82, 2.24) is 15.0 Å². The van der Waals surface area contributed by atoms with Crippen molar-refractivity contribution < 1.29 is 4.79 Å². The molecule has 6 nitrogen and oxygen atoms in total. The molecule has 1 fully saturated rings. The van der Waals surface area contributed by atoms with Gasteiger partial charge in [-0.15, -0.1) is 0 Å². The molecule has 6 heteroatoms. The molecule has 1 aromatic heterocycles. The van der Waals surface area contributed by atoms with Crippen LogP contribution in [0.2, 0.25) is 0 Å². The van der Waals surface area contributed by atoms with Gasteiger partial charge in [-0.25, -0.2) is 10.4 Å². The molecule has 2 heterocycles. The lowest BCUT2D eigenvalue weighted by molar-refractivity contribution is 0.0954. The summed E-state index contributed by atoms with van der Waals surface area (Å²) in [6.07, 6.45) is 6.19. The Kier molecular flexibility index (Phi) is 4.11. The van der Waals surface area contributed by atoms with E-state index in [0.29, 0.717) is 22.4 Å². The van der Waals surface area contributed by atoms with Gasteiger partial charge in [0.1, 0.15) is 5.82 Å². The molecular weight excluding hydrogens is 316 g/mol. The van der Waals surface area contributed by atoms with Crippen LogP contribution in [0.4, 0.5) is 0 Å². The highest BCUT2D eigenvalue weighted by molar-refractivity contribution is 5.98. The zero-order valence-electron chi connectivity index (χ0n) is 14.4. The SMILES string of the molecule is C[C@@H]1CCCCC1=NNC(=O)c1ccc2c(=O)n3c(nc2c1)CCC3. The second-order valence-corrected chi connectivity index (χ2v) is 7.01. The van der Waals surface area contributed by atoms with Gasteiger partial charge in [0, 0.05) is 24.2 Å². The summed E-state index contributed by atoms with van der Waals surface area (Å²) in [7, 11) is 0. The van der Waals surface area contributed by atoms with Crippen LogP contribution in [-0.4, -0.2) is 21.2 Å². The Balaban J connectivity index is 1.61. The zero-order valence-corrected chi connectivity index (χ0v) is 14.4. The summed E-state index contributed by atoms with van der Waals surface area (Å²) in [6.45, 7) is 2.88. The van der Waals surface area contributed by atoms with Gasteiger partial charge >= 0.3 is 0 Å². The number of aryl methyl sites for hydroxylation is 1. The van der Waals surface area contributed by atoms with E-state index in [4.69, 9.17) is 0 Å². The third kappa shape index (κ3) is 2.97. The third-order valence-electron chi connectivity index (χ3n) is 5.27. The van der Waals surface area contributed by atoms with Crippen LogP contribution in [0.3, 0.4) is 0 Å². The van der Waals surface area contributed by atoms with Gasteiger partial charge in [-0.1, -0.05) is 13.3 Å². The van der Waals surface area contributed by atoms with Crippen LogP contribution in [-0.2, 0) is 13.0 Å². The van der Waals surface area contributed by atoms with Crippen LogP contribution in [0.1, 0.15) is 55.2 Å². The molecule has 2 aliphatic rings. The summed E-state index contributed by atoms with van der Waals surface area (Å²) >= 11 is 0. The van der Waals surface area contributed by atoms with Crippen LogP contribution in [0.25, 0.3) is 10.9 Å². The number of amides is 1. The molecular formula is C19H22N4O2. The quantitative estimate of drug-likeness (QED) is 0.855. The van der Waals surface area contributed by atoms with Gasteiger partial charge in [0.2, 0.25) is 0 Å². The Bertz CT molecular complexity index is 929. The highest BCUT2D eigenvalue weighted by atomic mass is 16.2. The van der Waals surface area contributed by atoms with Crippen molar-refractivity contribution in [2.45, 2.75) is 52.0 Å². The number of nitrogens with zero attached hydrogens (tertiary/aromatic N) is 3. The van der Waals surface area contributed by atoms with Gasteiger partial charge < -0.3 is 0 Å². The first-order valence-corrected chi connectivity index (χ1v) is 9.04. The van der Waals surface area contributed by atoms with Crippen LogP contribution in [0.5, 0.6) is 0 Å². The summed E-state index contributed by atoms with van der Waals surface area (Å²) in [4.78, 5) is 29.5. The maximum absolute atomic E-state index is 12.5. The standard InChI is InChI=1S/C19H22N4O2/c1-12-5-2-3-6-15(12)21-22-18(24)13-8-9-14-16(11-13)20-17-7-4-10-23(17)19(14)25/h8-9,11-12H,2-7,10H2,1H3,(H,22,24)/t12-/m1/s1. The molecule has 1 aromatic carbocycles. The van der Waals surface area contributed by atoms with Crippen molar-refractivity contribution in [1.29, 1.82) is 0 Å². The molecule has 0 unspecified atom stereocenters. The first kappa shape index (κ1) is 16.0. The minimum atomic E-state index is -0.255. The Morgan fingerprint density at radius 3 is 3.00 bits per heavy atom. The van der Waals surface area contributed by atoms with Crippen LogP contribution in [0, 0.1) is 5.92 Å². The monoisotopic (exact) mass is 338 g/mol. The second-order valence-electron chi connectivity index (χ2n) is 7.01. The Morgan fingerprint density at radius 1 is 1.28 bits per heavy atom. The number of hydrogen-bond donors (Lipinski definition) is 1. The molecule has 1 amide bonds. The largest absolute Gasteiger partial charge is 0.296 e. The molecule has 1 N–H and O–H groups in total. The Labute approximate surface area is 146 Å². The molecule has 4 rings (SSSR count). The molecule has 0 bridgehead atoms. The number of fused-ring (bicyclic) bond motifs is 2. The van der Waals surface area contributed by atoms with E-state index in [-0.39, 0.29) is 11.5 Å². The second kappa shape index (κ2) is 6.43. The fourth-order valence-electron chi connectivity index (χ4n) is 3.75. The molecule has 1 atom stereocenters. The highest BCUT2D eigenvalue weighted by Crippen LogP contribution is 2.21. The van der Waals surface area contributed by atoms with E-state index >= 15 is 0 Å². The van der Waals surface area contributed by atoms with E-state index in [0.717, 1.165) is 50.2 Å². The average molecular weight is 338 g/mol. The molecule has 25 heavy (non-hydrogen) atoms. The van der Waals surface area contributed by atoms with Gasteiger partial charge in [-0.2, -0.15) is 5.10 Å². The summed E-state index contributed by atoms with van der Waals surface area (Å²) in [5.41, 5.74) is 4.79. The molecule has 0 saturated heterocycles. The van der Waals surface area contributed by atoms with E-state index in [2.05, 4.69) is 22.4 Å². The predicted octanol–water partition coefficient (Wildman–Crippen LogP) is 2.64. The smallest absolute Gasteiger partial charge is 0.271 e. The molecule has 0 radical (unpaired) electrons. The summed E-state index contributed by atoms with van der Waals surface area (Å²) in [5.74, 6) is 0.982. The minimum absolute atomic E-state index is 0.0132. The predicted molar refractivity (Wildman–Crippen MR) is 96.9 cm³/mol. The average Bonchev–Trinajstić information content (AvgIpc) is 3.09. The van der Waals surface area contributed by atoms with Crippen molar-refractivity contribution in [3.8, 4) is 0 Å². The fourth-order valence-corrected chi connectivity index (χ4v) is 3.75. The third-order valence-corrected chi connectivity index (χ3v) is 5.27. The zero-order chi connectivity index (χ0) is 17.4. The Morgan fingerprint density at radius 2 is 2.16 bits per heavy atom. The van der Waals surface area contributed by atoms with Crippen molar-refractivity contribution in [2.75, 3.05) is 0 Å². The van der Waals surface area contributed by atoms with Crippen LogP contribution < -0.4 is 11.0 Å². The maximum Gasteiger partial charge on any atom is 0.271 e. The fraction of sp³-hybridized carbons (Fsp3) is 0.474. The number of carbonyl (C=O) groups is 1. The molecule has 1 aliphatic heterocycles. The van der Waals surface area contributed by atoms with Gasteiger partial charge in [0.25, 0.3) is 11.5 Å². The number of nitrogens with one attached hydrogen (secondary N) is 1. The lowest BCUT2D eigenvalue weighted by atomic mass is 9.89. The molecule has 0 spiro atoms. The number of hydrogen-bond acceptors (Lipinski definition) is 4. The first-order valence-electron chi connectivity index (χ1n) is 9.04. The van der Waals surface area contributed by atoms with E-state index in [1.165, 1.54) is 6.42 Å². The maximum atomic E-state index is 12.5. The van der Waals surface area contributed by atoms with Gasteiger partial charge in [0.15, 0.2) is 0 Å². The molecule has 1 aliphatic carbocycles. The Hall–Kier alpha value is -2.50. The van der Waals surface area contributed by atoms with Crippen LogP contribution in [0.15, 0.2) is 28.1 Å². The van der Waals surface area contributed by atoms with Gasteiger partial charge in [-0.05, 0) is 49.8 Å². The van der Waals surface area contributed by atoms with Gasteiger partial charge in [0.05, 0.1) is 10.9 Å². The number of aromatic nitrogens is 2.